The maximum Gasteiger partial charge on any atom is 0.346 e. The van der Waals surface area contributed by atoms with Gasteiger partial charge in [-0.1, -0.05) is 18.2 Å². The molecule has 3 rings (SSSR count). The quantitative estimate of drug-likeness (QED) is 0.386. The van der Waals surface area contributed by atoms with Gasteiger partial charge in [0.15, 0.2) is 6.20 Å². The average Bonchev–Trinajstić information content (AvgIpc) is 2.68. The van der Waals surface area contributed by atoms with Crippen LogP contribution in [0, 0.1) is 0 Å². The molecule has 4 nitrogen and oxygen atoms in total. The third kappa shape index (κ3) is 3.68. The van der Waals surface area contributed by atoms with Gasteiger partial charge < -0.3 is 10.1 Å². The van der Waals surface area contributed by atoms with Gasteiger partial charge in [0.1, 0.15) is 12.1 Å². The smallest absolute Gasteiger partial charge is 0.346 e. The number of carbonyl (C=O) groups is 1. The highest BCUT2D eigenvalue weighted by atomic mass is 32.2. The second-order valence-corrected chi connectivity index (χ2v) is 6.68. The minimum absolute atomic E-state index is 0.316. The number of nitrogens with zero attached hydrogens (tertiary/aromatic N) is 1. The van der Waals surface area contributed by atoms with Gasteiger partial charge in [-0.25, -0.2) is 4.79 Å². The van der Waals surface area contributed by atoms with E-state index in [1.807, 2.05) is 43.5 Å². The lowest BCUT2D eigenvalue weighted by Gasteiger charge is -2.14. The van der Waals surface area contributed by atoms with E-state index in [9.17, 15) is 4.79 Å². The molecule has 0 atom stereocenters. The Bertz CT molecular complexity index is 926. The van der Waals surface area contributed by atoms with Crippen molar-refractivity contribution in [2.75, 3.05) is 18.2 Å². The Morgan fingerprint density at radius 3 is 2.58 bits per heavy atom. The number of carbonyl (C=O) groups excluding carboxylic acids is 1. The van der Waals surface area contributed by atoms with E-state index >= 15 is 0 Å². The molecule has 2 aromatic carbocycles. The number of hydrogen-bond acceptors (Lipinski definition) is 4. The van der Waals surface area contributed by atoms with Crippen molar-refractivity contribution in [2.24, 2.45) is 0 Å². The number of ether oxygens (including phenoxy) is 1. The fraction of sp³-hybridized carbons (Fsp3) is 0.238. The van der Waals surface area contributed by atoms with E-state index in [0.29, 0.717) is 12.2 Å². The normalized spacial score (nSPS) is 10.7. The van der Waals surface area contributed by atoms with E-state index in [4.69, 9.17) is 4.74 Å². The molecule has 0 spiro atoms. The fourth-order valence-electron chi connectivity index (χ4n) is 2.95. The second-order valence-electron chi connectivity index (χ2n) is 5.80. The highest BCUT2D eigenvalue weighted by Crippen LogP contribution is 2.31. The lowest BCUT2D eigenvalue weighted by molar-refractivity contribution is -0.667. The molecule has 1 heterocycles. The van der Waals surface area contributed by atoms with Crippen LogP contribution >= 0.6 is 11.8 Å². The van der Waals surface area contributed by atoms with Gasteiger partial charge in [0.2, 0.25) is 5.52 Å². The van der Waals surface area contributed by atoms with Crippen molar-refractivity contribution >= 4 is 40.0 Å². The maximum atomic E-state index is 12.6. The second kappa shape index (κ2) is 8.23. The van der Waals surface area contributed by atoms with Crippen LogP contribution in [0.15, 0.2) is 59.6 Å². The van der Waals surface area contributed by atoms with E-state index in [0.717, 1.165) is 28.8 Å². The van der Waals surface area contributed by atoms with Gasteiger partial charge in [0, 0.05) is 16.6 Å². The third-order valence-corrected chi connectivity index (χ3v) is 4.94. The zero-order valence-electron chi connectivity index (χ0n) is 15.3. The molecular weight excluding hydrogens is 344 g/mol. The molecule has 0 aliphatic rings. The predicted octanol–water partition coefficient (Wildman–Crippen LogP) is 4.79. The van der Waals surface area contributed by atoms with Gasteiger partial charge in [-0.3, -0.25) is 0 Å². The van der Waals surface area contributed by atoms with Gasteiger partial charge in [-0.15, -0.1) is 11.8 Å². The van der Waals surface area contributed by atoms with Crippen LogP contribution in [-0.2, 0) is 11.3 Å². The van der Waals surface area contributed by atoms with Crippen molar-refractivity contribution in [3.63, 3.8) is 0 Å². The molecule has 0 bridgehead atoms. The van der Waals surface area contributed by atoms with Crippen molar-refractivity contribution in [2.45, 2.75) is 25.3 Å². The van der Waals surface area contributed by atoms with Crippen molar-refractivity contribution in [3.8, 4) is 0 Å². The van der Waals surface area contributed by atoms with Crippen LogP contribution in [-0.4, -0.2) is 18.8 Å². The SMILES string of the molecule is CCOC(=O)c1c[n+](CC)c2cc(SC)ccc2c1Nc1ccccc1. The maximum absolute atomic E-state index is 12.6. The summed E-state index contributed by atoms with van der Waals surface area (Å²) in [4.78, 5) is 13.8. The molecule has 0 saturated carbocycles. The summed E-state index contributed by atoms with van der Waals surface area (Å²) < 4.78 is 7.40. The summed E-state index contributed by atoms with van der Waals surface area (Å²) in [5.74, 6) is -0.316. The summed E-state index contributed by atoms with van der Waals surface area (Å²) in [6.07, 6.45) is 3.95. The lowest BCUT2D eigenvalue weighted by Crippen LogP contribution is -2.35. The molecule has 0 aliphatic heterocycles. The Balaban J connectivity index is 2.25. The molecule has 0 fully saturated rings. The number of pyridine rings is 1. The first kappa shape index (κ1) is 18.3. The van der Waals surface area contributed by atoms with Gasteiger partial charge in [0.25, 0.3) is 0 Å². The van der Waals surface area contributed by atoms with Crippen LogP contribution < -0.4 is 9.88 Å². The standard InChI is InChI=1S/C21H22N2O2S/c1-4-23-14-18(21(24)25-5-2)20(22-15-9-7-6-8-10-15)17-12-11-16(26-3)13-19(17)23/h6-14H,4-5H2,1-3H3/p+1. The van der Waals surface area contributed by atoms with E-state index in [1.54, 1.807) is 11.8 Å². The average molecular weight is 367 g/mol. The van der Waals surface area contributed by atoms with Crippen LogP contribution in [0.3, 0.4) is 0 Å². The first-order valence-electron chi connectivity index (χ1n) is 8.71. The van der Waals surface area contributed by atoms with Gasteiger partial charge >= 0.3 is 5.97 Å². The molecule has 26 heavy (non-hydrogen) atoms. The number of anilines is 2. The Hall–Kier alpha value is -2.53. The number of para-hydroxylation sites is 1. The zero-order chi connectivity index (χ0) is 18.5. The summed E-state index contributed by atoms with van der Waals surface area (Å²) in [5.41, 5.74) is 3.34. The summed E-state index contributed by atoms with van der Waals surface area (Å²) in [5, 5.41) is 4.42. The van der Waals surface area contributed by atoms with E-state index in [2.05, 4.69) is 41.3 Å². The number of benzene rings is 2. The molecule has 134 valence electrons. The number of thioether (sulfide) groups is 1. The number of aromatic nitrogens is 1. The topological polar surface area (TPSA) is 42.2 Å². The third-order valence-electron chi connectivity index (χ3n) is 4.22. The van der Waals surface area contributed by atoms with Crippen LogP contribution in [0.2, 0.25) is 0 Å². The molecule has 3 aromatic rings. The summed E-state index contributed by atoms with van der Waals surface area (Å²) in [6, 6.07) is 16.2. The van der Waals surface area contributed by atoms with Crippen molar-refractivity contribution in [1.29, 1.82) is 0 Å². The number of esters is 1. The summed E-state index contributed by atoms with van der Waals surface area (Å²) in [7, 11) is 0. The monoisotopic (exact) mass is 367 g/mol. The first-order chi connectivity index (χ1) is 12.7. The fourth-order valence-corrected chi connectivity index (χ4v) is 3.38. The Morgan fingerprint density at radius 1 is 1.15 bits per heavy atom. The number of nitrogens with one attached hydrogen (secondary N) is 1. The molecule has 0 saturated heterocycles. The summed E-state index contributed by atoms with van der Waals surface area (Å²) >= 11 is 1.71. The molecule has 0 amide bonds. The number of fused-ring (bicyclic) bond motifs is 1. The predicted molar refractivity (Wildman–Crippen MR) is 107 cm³/mol. The number of hydrogen-bond donors (Lipinski definition) is 1. The molecule has 1 N–H and O–H groups in total. The van der Waals surface area contributed by atoms with Crippen LogP contribution in [0.5, 0.6) is 0 Å². The Morgan fingerprint density at radius 2 is 1.92 bits per heavy atom. The van der Waals surface area contributed by atoms with Crippen LogP contribution in [0.4, 0.5) is 11.4 Å². The molecular formula is C21H23N2O2S+. The number of rotatable bonds is 6. The molecule has 5 heteroatoms. The highest BCUT2D eigenvalue weighted by molar-refractivity contribution is 7.98. The van der Waals surface area contributed by atoms with Gasteiger partial charge in [0.05, 0.1) is 17.7 Å². The number of aryl methyl sites for hydroxylation is 1. The largest absolute Gasteiger partial charge is 0.462 e. The van der Waals surface area contributed by atoms with Crippen molar-refractivity contribution in [1.82, 2.24) is 0 Å². The molecule has 1 aromatic heterocycles. The summed E-state index contributed by atoms with van der Waals surface area (Å²) in [6.45, 7) is 5.01. The first-order valence-corrected chi connectivity index (χ1v) is 9.93. The van der Waals surface area contributed by atoms with Gasteiger partial charge in [-0.05, 0) is 44.4 Å². The van der Waals surface area contributed by atoms with E-state index in [-0.39, 0.29) is 5.97 Å². The van der Waals surface area contributed by atoms with Crippen LogP contribution in [0.1, 0.15) is 24.2 Å². The Kier molecular flexibility index (Phi) is 5.78. The highest BCUT2D eigenvalue weighted by Gasteiger charge is 2.23. The zero-order valence-corrected chi connectivity index (χ0v) is 16.1. The minimum Gasteiger partial charge on any atom is -0.462 e. The van der Waals surface area contributed by atoms with E-state index in [1.165, 1.54) is 4.90 Å². The molecule has 0 unspecified atom stereocenters. The van der Waals surface area contributed by atoms with Crippen molar-refractivity contribution < 1.29 is 14.1 Å². The lowest BCUT2D eigenvalue weighted by atomic mass is 10.1. The molecule has 0 radical (unpaired) electrons. The van der Waals surface area contributed by atoms with Crippen molar-refractivity contribution in [3.05, 3.63) is 60.3 Å². The van der Waals surface area contributed by atoms with E-state index < -0.39 is 0 Å². The molecule has 0 aliphatic carbocycles. The van der Waals surface area contributed by atoms with Crippen LogP contribution in [0.25, 0.3) is 10.9 Å². The minimum atomic E-state index is -0.316. The Labute approximate surface area is 158 Å². The van der Waals surface area contributed by atoms with Gasteiger partial charge in [-0.2, -0.15) is 4.57 Å².